The minimum absolute atomic E-state index is 0.627. The van der Waals surface area contributed by atoms with Crippen LogP contribution in [0.3, 0.4) is 0 Å². The Kier molecular flexibility index (Phi) is 10.1. The summed E-state index contributed by atoms with van der Waals surface area (Å²) in [6, 6.07) is 4.51. The van der Waals surface area contributed by atoms with Crippen LogP contribution in [0.2, 0.25) is 0 Å². The summed E-state index contributed by atoms with van der Waals surface area (Å²) in [4.78, 5) is 22.4. The highest BCUT2D eigenvalue weighted by atomic mass is 16.4. The molecule has 0 amide bonds. The van der Waals surface area contributed by atoms with Crippen molar-refractivity contribution in [3.63, 3.8) is 0 Å². The van der Waals surface area contributed by atoms with Gasteiger partial charge in [-0.05, 0) is 102 Å². The monoisotopic (exact) mass is 418 g/mol. The minimum Gasteiger partial charge on any atom is -0.481 e. The highest BCUT2D eigenvalue weighted by Crippen LogP contribution is 2.26. The van der Waals surface area contributed by atoms with E-state index in [2.05, 4.69) is 26.0 Å². The van der Waals surface area contributed by atoms with Crippen LogP contribution in [0.15, 0.2) is 12.1 Å². The van der Waals surface area contributed by atoms with Crippen molar-refractivity contribution in [2.75, 3.05) is 0 Å². The topological polar surface area (TPSA) is 74.6 Å². The molecule has 0 aliphatic rings. The van der Waals surface area contributed by atoms with E-state index in [1.165, 1.54) is 22.3 Å². The van der Waals surface area contributed by atoms with Crippen LogP contribution < -0.4 is 0 Å². The van der Waals surface area contributed by atoms with Gasteiger partial charge >= 0.3 is 11.9 Å². The number of aliphatic carboxylic acids is 2. The predicted octanol–water partition coefficient (Wildman–Crippen LogP) is 6.73. The number of aryl methyl sites for hydroxylation is 2. The van der Waals surface area contributed by atoms with E-state index in [1.54, 1.807) is 27.7 Å². The number of hydrogen-bond donors (Lipinski definition) is 2. The lowest BCUT2D eigenvalue weighted by Gasteiger charge is -2.19. The summed E-state index contributed by atoms with van der Waals surface area (Å²) in [5, 5.41) is 18.4. The Hall–Kier alpha value is -1.84. The number of hydrogen-bond acceptors (Lipinski definition) is 2. The summed E-state index contributed by atoms with van der Waals surface area (Å²) in [5.74, 6) is -1.43. The molecule has 0 aliphatic heterocycles. The van der Waals surface area contributed by atoms with Crippen molar-refractivity contribution in [3.8, 4) is 0 Å². The first-order chi connectivity index (χ1) is 13.9. The third kappa shape index (κ3) is 8.12. The fourth-order valence-electron chi connectivity index (χ4n) is 3.81. The SMILES string of the molecule is Cc1c(CCCCCC(C)(C)C(=O)O)ccc(CCCCCC(C)(C)C(=O)O)c1C. The zero-order valence-corrected chi connectivity index (χ0v) is 19.9. The van der Waals surface area contributed by atoms with Gasteiger partial charge in [0.15, 0.2) is 0 Å². The van der Waals surface area contributed by atoms with Crippen molar-refractivity contribution in [3.05, 3.63) is 34.4 Å². The molecule has 0 fully saturated rings. The molecule has 4 heteroatoms. The number of unbranched alkanes of at least 4 members (excludes halogenated alkanes) is 4. The van der Waals surface area contributed by atoms with Crippen LogP contribution in [0.5, 0.6) is 0 Å². The van der Waals surface area contributed by atoms with E-state index in [-0.39, 0.29) is 0 Å². The van der Waals surface area contributed by atoms with Crippen molar-refractivity contribution in [1.29, 1.82) is 0 Å². The molecule has 0 spiro atoms. The molecule has 4 nitrogen and oxygen atoms in total. The molecule has 0 unspecified atom stereocenters. The van der Waals surface area contributed by atoms with Crippen LogP contribution >= 0.6 is 0 Å². The van der Waals surface area contributed by atoms with Crippen LogP contribution in [0.25, 0.3) is 0 Å². The van der Waals surface area contributed by atoms with Gasteiger partial charge in [0, 0.05) is 0 Å². The zero-order valence-electron chi connectivity index (χ0n) is 19.9. The fraction of sp³-hybridized carbons (Fsp3) is 0.692. The van der Waals surface area contributed by atoms with Gasteiger partial charge in [0.05, 0.1) is 10.8 Å². The second kappa shape index (κ2) is 11.5. The first-order valence-electron chi connectivity index (χ1n) is 11.4. The summed E-state index contributed by atoms with van der Waals surface area (Å²) in [5.41, 5.74) is 4.30. The quantitative estimate of drug-likeness (QED) is 0.328. The standard InChI is InChI=1S/C26H42O4/c1-19-20(2)22(14-10-8-12-18-26(5,6)24(29)30)16-15-21(19)13-9-7-11-17-25(3,4)23(27)28/h15-16H,7-14,17-18H2,1-6H3,(H,27,28)(H,29,30). The van der Waals surface area contributed by atoms with Crippen LogP contribution in [-0.4, -0.2) is 22.2 Å². The van der Waals surface area contributed by atoms with Crippen molar-refractivity contribution >= 4 is 11.9 Å². The minimum atomic E-state index is -0.713. The largest absolute Gasteiger partial charge is 0.481 e. The number of benzene rings is 1. The molecular weight excluding hydrogens is 376 g/mol. The van der Waals surface area contributed by atoms with E-state index in [0.717, 1.165) is 64.2 Å². The third-order valence-electron chi connectivity index (χ3n) is 6.67. The summed E-state index contributed by atoms with van der Waals surface area (Å²) < 4.78 is 0. The van der Waals surface area contributed by atoms with Crippen LogP contribution in [0, 0.1) is 24.7 Å². The molecule has 0 radical (unpaired) electrons. The van der Waals surface area contributed by atoms with E-state index in [0.29, 0.717) is 0 Å². The maximum atomic E-state index is 11.2. The molecule has 0 bridgehead atoms. The van der Waals surface area contributed by atoms with Gasteiger partial charge in [-0.25, -0.2) is 0 Å². The van der Waals surface area contributed by atoms with E-state index < -0.39 is 22.8 Å². The van der Waals surface area contributed by atoms with E-state index in [4.69, 9.17) is 0 Å². The molecule has 1 aromatic carbocycles. The van der Waals surface area contributed by atoms with Gasteiger partial charge in [-0.1, -0.05) is 37.8 Å². The molecule has 0 atom stereocenters. The molecule has 170 valence electrons. The summed E-state index contributed by atoms with van der Waals surface area (Å²) in [6.45, 7) is 11.6. The molecule has 0 saturated heterocycles. The van der Waals surface area contributed by atoms with Gasteiger partial charge in [0.1, 0.15) is 0 Å². The van der Waals surface area contributed by atoms with E-state index >= 15 is 0 Å². The average molecular weight is 419 g/mol. The zero-order chi connectivity index (χ0) is 22.9. The number of rotatable bonds is 14. The fourth-order valence-corrected chi connectivity index (χ4v) is 3.81. The Morgan fingerprint density at radius 2 is 1.00 bits per heavy atom. The lowest BCUT2D eigenvalue weighted by Crippen LogP contribution is -2.23. The van der Waals surface area contributed by atoms with Gasteiger partial charge in [-0.3, -0.25) is 9.59 Å². The molecule has 1 rings (SSSR count). The number of carboxylic acid groups (broad SMARTS) is 2. The number of carboxylic acids is 2. The molecule has 0 aliphatic carbocycles. The number of carbonyl (C=O) groups is 2. The summed E-state index contributed by atoms with van der Waals surface area (Å²) in [6.07, 6.45) is 9.75. The van der Waals surface area contributed by atoms with Gasteiger partial charge in [0.2, 0.25) is 0 Å². The molecule has 30 heavy (non-hydrogen) atoms. The maximum absolute atomic E-state index is 11.2. The van der Waals surface area contributed by atoms with E-state index in [1.807, 2.05) is 0 Å². The van der Waals surface area contributed by atoms with Crippen LogP contribution in [0.4, 0.5) is 0 Å². The Morgan fingerprint density at radius 1 is 0.667 bits per heavy atom. The van der Waals surface area contributed by atoms with Crippen molar-refractivity contribution < 1.29 is 19.8 Å². The Balaban J connectivity index is 2.43. The van der Waals surface area contributed by atoms with E-state index in [9.17, 15) is 19.8 Å². The van der Waals surface area contributed by atoms with Crippen LogP contribution in [0.1, 0.15) is 101 Å². The highest BCUT2D eigenvalue weighted by Gasteiger charge is 2.26. The Morgan fingerprint density at radius 3 is 1.30 bits per heavy atom. The average Bonchev–Trinajstić information content (AvgIpc) is 2.65. The second-order valence-corrected chi connectivity index (χ2v) is 10.1. The first kappa shape index (κ1) is 26.2. The smallest absolute Gasteiger partial charge is 0.309 e. The Bertz CT molecular complexity index is 655. The molecule has 0 heterocycles. The normalized spacial score (nSPS) is 12.2. The second-order valence-electron chi connectivity index (χ2n) is 10.1. The first-order valence-corrected chi connectivity index (χ1v) is 11.4. The van der Waals surface area contributed by atoms with Crippen molar-refractivity contribution in [1.82, 2.24) is 0 Å². The van der Waals surface area contributed by atoms with Gasteiger partial charge in [-0.15, -0.1) is 0 Å². The molecule has 0 saturated carbocycles. The molecule has 2 N–H and O–H groups in total. The highest BCUT2D eigenvalue weighted by molar-refractivity contribution is 5.73. The van der Waals surface area contributed by atoms with Gasteiger partial charge < -0.3 is 10.2 Å². The van der Waals surface area contributed by atoms with Crippen molar-refractivity contribution in [2.45, 2.75) is 106 Å². The van der Waals surface area contributed by atoms with Crippen LogP contribution in [-0.2, 0) is 22.4 Å². The predicted molar refractivity (Wildman–Crippen MR) is 123 cm³/mol. The summed E-state index contributed by atoms with van der Waals surface area (Å²) in [7, 11) is 0. The maximum Gasteiger partial charge on any atom is 0.309 e. The lowest BCUT2D eigenvalue weighted by molar-refractivity contribution is -0.148. The lowest BCUT2D eigenvalue weighted by atomic mass is 9.86. The van der Waals surface area contributed by atoms with Crippen molar-refractivity contribution in [2.24, 2.45) is 10.8 Å². The third-order valence-corrected chi connectivity index (χ3v) is 6.67. The van der Waals surface area contributed by atoms with Gasteiger partial charge in [0.25, 0.3) is 0 Å². The Labute approximate surface area is 183 Å². The molecular formula is C26H42O4. The molecule has 0 aromatic heterocycles. The summed E-state index contributed by atoms with van der Waals surface area (Å²) >= 11 is 0. The molecule has 1 aromatic rings. The van der Waals surface area contributed by atoms with Gasteiger partial charge in [-0.2, -0.15) is 0 Å².